The molecular formula is C24H23F2N3O2. The van der Waals surface area contributed by atoms with Gasteiger partial charge in [-0.05, 0) is 47.9 Å². The zero-order valence-electron chi connectivity index (χ0n) is 17.1. The van der Waals surface area contributed by atoms with Gasteiger partial charge in [-0.15, -0.1) is 0 Å². The second-order valence-electron chi connectivity index (χ2n) is 8.29. The van der Waals surface area contributed by atoms with E-state index in [1.54, 1.807) is 18.5 Å². The third kappa shape index (κ3) is 4.48. The van der Waals surface area contributed by atoms with Gasteiger partial charge in [-0.25, -0.2) is 15.4 Å². The van der Waals surface area contributed by atoms with Crippen molar-refractivity contribution in [2.75, 3.05) is 6.54 Å². The largest absolute Gasteiger partial charge is 0.306 e. The molecule has 1 saturated heterocycles. The molecule has 1 unspecified atom stereocenters. The minimum Gasteiger partial charge on any atom is -0.294 e. The Hall–Kier alpha value is -3.14. The van der Waals surface area contributed by atoms with E-state index in [1.807, 2.05) is 12.1 Å². The van der Waals surface area contributed by atoms with Crippen molar-refractivity contribution < 1.29 is 18.4 Å². The number of likely N-dealkylation sites (tertiary alicyclic amines) is 1. The maximum Gasteiger partial charge on any atom is 0.306 e. The summed E-state index contributed by atoms with van der Waals surface area (Å²) in [5.74, 6) is -3.51. The van der Waals surface area contributed by atoms with Gasteiger partial charge in [0.2, 0.25) is 5.91 Å². The molecule has 0 N–H and O–H groups in total. The molecule has 5 nitrogen and oxygen atoms in total. The number of nitrogens with zero attached hydrogens (tertiary/aromatic N) is 3. The van der Waals surface area contributed by atoms with E-state index in [0.29, 0.717) is 17.9 Å². The van der Waals surface area contributed by atoms with Crippen molar-refractivity contribution in [3.8, 4) is 0 Å². The number of rotatable bonds is 6. The van der Waals surface area contributed by atoms with Gasteiger partial charge in [-0.1, -0.05) is 24.3 Å². The molecule has 0 spiro atoms. The first-order valence-corrected chi connectivity index (χ1v) is 10.5. The third-order valence-corrected chi connectivity index (χ3v) is 6.21. The molecule has 2 aromatic rings. The Morgan fingerprint density at radius 2 is 2.03 bits per heavy atom. The van der Waals surface area contributed by atoms with Crippen LogP contribution in [0.4, 0.5) is 8.78 Å². The van der Waals surface area contributed by atoms with Crippen molar-refractivity contribution >= 4 is 11.7 Å². The molecule has 160 valence electrons. The first-order chi connectivity index (χ1) is 14.9. The van der Waals surface area contributed by atoms with Crippen molar-refractivity contribution in [1.82, 2.24) is 9.88 Å². The minimum atomic E-state index is -3.05. The number of halogens is 2. The van der Waals surface area contributed by atoms with Gasteiger partial charge in [0.1, 0.15) is 6.42 Å². The highest BCUT2D eigenvalue weighted by Gasteiger charge is 2.50. The van der Waals surface area contributed by atoms with Crippen molar-refractivity contribution in [3.05, 3.63) is 76.4 Å². The molecule has 2 atom stereocenters. The summed E-state index contributed by atoms with van der Waals surface area (Å²) in [7, 11) is 0. The van der Waals surface area contributed by atoms with Crippen molar-refractivity contribution in [2.24, 2.45) is 0 Å². The van der Waals surface area contributed by atoms with E-state index in [4.69, 9.17) is 6.57 Å². The molecular weight excluding hydrogens is 400 g/mol. The summed E-state index contributed by atoms with van der Waals surface area (Å²) < 4.78 is 27.2. The lowest BCUT2D eigenvalue weighted by molar-refractivity contribution is -0.132. The minimum absolute atomic E-state index is 0.0795. The van der Waals surface area contributed by atoms with Crippen LogP contribution in [-0.4, -0.2) is 40.2 Å². The molecule has 2 heterocycles. The fourth-order valence-corrected chi connectivity index (χ4v) is 4.65. The van der Waals surface area contributed by atoms with Crippen LogP contribution in [0.2, 0.25) is 0 Å². The quantitative estimate of drug-likeness (QED) is 0.510. The summed E-state index contributed by atoms with van der Waals surface area (Å²) in [6.07, 6.45) is 3.91. The number of fused-ring (bicyclic) bond motifs is 1. The highest BCUT2D eigenvalue weighted by Crippen LogP contribution is 2.36. The second kappa shape index (κ2) is 8.54. The van der Waals surface area contributed by atoms with Crippen LogP contribution in [0.3, 0.4) is 0 Å². The number of Topliss-reactive ketones (excluding diaryl/α,β-unsaturated/α-hetero) is 1. The summed E-state index contributed by atoms with van der Waals surface area (Å²) >= 11 is 0. The Balaban J connectivity index is 1.42. The Bertz CT molecular complexity index is 1050. The maximum absolute atomic E-state index is 13.6. The summed E-state index contributed by atoms with van der Waals surface area (Å²) in [5, 5.41) is 0. The van der Waals surface area contributed by atoms with Crippen molar-refractivity contribution in [1.29, 1.82) is 0 Å². The molecule has 1 aromatic heterocycles. The van der Waals surface area contributed by atoms with Crippen molar-refractivity contribution in [2.45, 2.75) is 56.5 Å². The summed E-state index contributed by atoms with van der Waals surface area (Å²) in [6, 6.07) is 9.98. The number of carbonyl (C=O) groups is 2. The van der Waals surface area contributed by atoms with Gasteiger partial charge < -0.3 is 0 Å². The van der Waals surface area contributed by atoms with E-state index in [9.17, 15) is 18.4 Å². The van der Waals surface area contributed by atoms with Gasteiger partial charge >= 0.3 is 6.17 Å². The SMILES string of the molecule is [C-]#[N+][C@@H]1CC(F)(F)CN1C(=O)CCC(=O)c1ccncc1CC1CCc2ccccc21. The average Bonchev–Trinajstić information content (AvgIpc) is 3.32. The lowest BCUT2D eigenvalue weighted by Gasteiger charge is -2.17. The number of aromatic nitrogens is 1. The Morgan fingerprint density at radius 1 is 1.23 bits per heavy atom. The van der Waals surface area contributed by atoms with Gasteiger partial charge in [-0.2, -0.15) is 0 Å². The summed E-state index contributed by atoms with van der Waals surface area (Å²) in [5.41, 5.74) is 4.01. The zero-order chi connectivity index (χ0) is 22.0. The highest BCUT2D eigenvalue weighted by atomic mass is 19.3. The van der Waals surface area contributed by atoms with Gasteiger partial charge in [0.15, 0.2) is 5.78 Å². The number of carbonyl (C=O) groups excluding carboxylic acids is 2. The number of aryl methyl sites for hydroxylation is 1. The average molecular weight is 423 g/mol. The Kier molecular flexibility index (Phi) is 5.81. The van der Waals surface area contributed by atoms with E-state index in [1.165, 1.54) is 11.1 Å². The predicted octanol–water partition coefficient (Wildman–Crippen LogP) is 4.43. The van der Waals surface area contributed by atoms with Crippen LogP contribution in [0.25, 0.3) is 4.85 Å². The Morgan fingerprint density at radius 3 is 2.84 bits per heavy atom. The number of benzene rings is 1. The molecule has 1 fully saturated rings. The number of ketones is 1. The number of pyridine rings is 1. The van der Waals surface area contributed by atoms with E-state index in [0.717, 1.165) is 23.3 Å². The molecule has 1 aliphatic carbocycles. The lowest BCUT2D eigenvalue weighted by atomic mass is 9.90. The number of alkyl halides is 2. The Labute approximate surface area is 179 Å². The van der Waals surface area contributed by atoms with Crippen molar-refractivity contribution in [3.63, 3.8) is 0 Å². The van der Waals surface area contributed by atoms with Crippen LogP contribution >= 0.6 is 0 Å². The third-order valence-electron chi connectivity index (χ3n) is 6.21. The molecule has 1 aliphatic heterocycles. The molecule has 31 heavy (non-hydrogen) atoms. The number of hydrogen-bond acceptors (Lipinski definition) is 3. The van der Waals surface area contributed by atoms with Gasteiger partial charge in [0.05, 0.1) is 6.54 Å². The van der Waals surface area contributed by atoms with E-state index < -0.39 is 31.0 Å². The molecule has 4 rings (SSSR count). The van der Waals surface area contributed by atoms with E-state index in [-0.39, 0.29) is 18.6 Å². The maximum atomic E-state index is 13.6. The first-order valence-electron chi connectivity index (χ1n) is 10.5. The number of hydrogen-bond donors (Lipinski definition) is 0. The van der Waals surface area contributed by atoms with Crippen LogP contribution in [0.5, 0.6) is 0 Å². The first kappa shape index (κ1) is 21.1. The predicted molar refractivity (Wildman–Crippen MR) is 111 cm³/mol. The van der Waals surface area contributed by atoms with Crippen LogP contribution in [0, 0.1) is 6.57 Å². The summed E-state index contributed by atoms with van der Waals surface area (Å²) in [4.78, 5) is 33.5. The molecule has 0 radical (unpaired) electrons. The lowest BCUT2D eigenvalue weighted by Crippen LogP contribution is -2.35. The van der Waals surface area contributed by atoms with E-state index in [2.05, 4.69) is 22.0 Å². The monoisotopic (exact) mass is 423 g/mol. The fourth-order valence-electron chi connectivity index (χ4n) is 4.65. The van der Waals surface area contributed by atoms with Gasteiger partial charge in [0, 0.05) is 30.8 Å². The standard InChI is InChI=1S/C24H23F2N3O2/c1-27-22-13-24(25,26)15-29(22)23(31)9-8-21(30)20-10-11-28-14-18(20)12-17-7-6-16-4-2-3-5-19(16)17/h2-5,10-11,14,17,22H,6-9,12-13,15H2/t17?,22-/m0/s1. The highest BCUT2D eigenvalue weighted by molar-refractivity contribution is 5.99. The molecule has 2 aliphatic rings. The molecule has 7 heteroatoms. The zero-order valence-corrected chi connectivity index (χ0v) is 17.1. The van der Waals surface area contributed by atoms with Crippen LogP contribution < -0.4 is 0 Å². The number of amides is 1. The van der Waals surface area contributed by atoms with Crippen LogP contribution in [-0.2, 0) is 17.6 Å². The fraction of sp³-hybridized carbons (Fsp3) is 0.417. The smallest absolute Gasteiger partial charge is 0.294 e. The molecule has 1 amide bonds. The molecule has 0 saturated carbocycles. The van der Waals surface area contributed by atoms with Crippen LogP contribution in [0.1, 0.15) is 58.6 Å². The van der Waals surface area contributed by atoms with Gasteiger partial charge in [0.25, 0.3) is 5.92 Å². The molecule has 1 aromatic carbocycles. The second-order valence-corrected chi connectivity index (χ2v) is 8.29. The van der Waals surface area contributed by atoms with Crippen LogP contribution in [0.15, 0.2) is 42.7 Å². The summed E-state index contributed by atoms with van der Waals surface area (Å²) in [6.45, 7) is 6.31. The topological polar surface area (TPSA) is 54.6 Å². The molecule has 0 bridgehead atoms. The normalized spacial score (nSPS) is 21.5. The van der Waals surface area contributed by atoms with E-state index >= 15 is 0 Å². The van der Waals surface area contributed by atoms with Gasteiger partial charge in [-0.3, -0.25) is 24.3 Å².